The third kappa shape index (κ3) is 6.02. The van der Waals surface area contributed by atoms with Crippen LogP contribution in [0.3, 0.4) is 0 Å². The number of nitrogens with zero attached hydrogens (tertiary/aromatic N) is 2. The molecule has 0 aliphatic rings. The number of rotatable bonds is 4. The molecule has 0 atom stereocenters. The van der Waals surface area contributed by atoms with Gasteiger partial charge < -0.3 is 14.8 Å². The molecule has 35 heavy (non-hydrogen) atoms. The summed E-state index contributed by atoms with van der Waals surface area (Å²) < 4.78 is 37.7. The maximum Gasteiger partial charge on any atom is 0.490 e. The van der Waals surface area contributed by atoms with Crippen LogP contribution in [0.4, 0.5) is 13.2 Å². The largest absolute Gasteiger partial charge is 0.490 e. The smallest absolute Gasteiger partial charge is 0.475 e. The second-order valence-corrected chi connectivity index (χ2v) is 7.30. The van der Waals surface area contributed by atoms with E-state index in [-0.39, 0.29) is 0 Å². The lowest BCUT2D eigenvalue weighted by Crippen LogP contribution is -2.21. The first kappa shape index (κ1) is 23.5. The predicted octanol–water partition coefficient (Wildman–Crippen LogP) is 6.72. The third-order valence-corrected chi connectivity index (χ3v) is 4.82. The first-order valence-electron chi connectivity index (χ1n) is 10.3. The number of halogens is 3. The third-order valence-electron chi connectivity index (χ3n) is 4.82. The molecule has 2 heterocycles. The van der Waals surface area contributed by atoms with Gasteiger partial charge in [-0.25, -0.2) is 9.78 Å². The molecule has 0 unspecified atom stereocenters. The zero-order valence-corrected chi connectivity index (χ0v) is 18.0. The van der Waals surface area contributed by atoms with Gasteiger partial charge in [0.2, 0.25) is 0 Å². The number of aliphatic carboxylic acids is 1. The van der Waals surface area contributed by atoms with Gasteiger partial charge in [0.15, 0.2) is 0 Å². The number of para-hydroxylation sites is 1. The summed E-state index contributed by atoms with van der Waals surface area (Å²) in [7, 11) is 0. The Morgan fingerprint density at radius 3 is 2.17 bits per heavy atom. The highest BCUT2D eigenvalue weighted by Gasteiger charge is 2.38. The number of aromatic amines is 1. The van der Waals surface area contributed by atoms with Crippen molar-refractivity contribution in [1.29, 1.82) is 0 Å². The van der Waals surface area contributed by atoms with Crippen molar-refractivity contribution in [3.63, 3.8) is 0 Å². The lowest BCUT2D eigenvalue weighted by atomic mass is 10.1. The molecule has 0 spiro atoms. The summed E-state index contributed by atoms with van der Waals surface area (Å²) in [6.45, 7) is 0. The number of benzene rings is 3. The van der Waals surface area contributed by atoms with Gasteiger partial charge in [-0.05, 0) is 59.7 Å². The van der Waals surface area contributed by atoms with Crippen molar-refractivity contribution in [3.05, 3.63) is 97.3 Å². The van der Waals surface area contributed by atoms with Crippen LogP contribution in [0, 0.1) is 0 Å². The molecule has 0 radical (unpaired) electrons. The van der Waals surface area contributed by atoms with E-state index in [1.807, 2.05) is 72.8 Å². The number of fused-ring (bicyclic) bond motifs is 1. The standard InChI is InChI=1S/C24H17N3O.C2HF3O2/c1-2-6-20(7-3-1)28-21-8-4-5-19(15-21)24-26-22-10-9-18(16-23(22)27-24)17-11-13-25-14-12-17;3-2(4,5)1(6)7/h1-16H,(H,26,27);(H,6,7). The summed E-state index contributed by atoms with van der Waals surface area (Å²) in [6.07, 6.45) is -1.48. The Kier molecular flexibility index (Phi) is 6.77. The highest BCUT2D eigenvalue weighted by atomic mass is 19.4. The van der Waals surface area contributed by atoms with Crippen molar-refractivity contribution in [3.8, 4) is 34.0 Å². The topological polar surface area (TPSA) is 88.1 Å². The predicted molar refractivity (Wildman–Crippen MR) is 125 cm³/mol. The minimum Gasteiger partial charge on any atom is -0.475 e. The first-order chi connectivity index (χ1) is 16.8. The molecule has 2 N–H and O–H groups in total. The zero-order valence-electron chi connectivity index (χ0n) is 18.0. The van der Waals surface area contributed by atoms with E-state index >= 15 is 0 Å². The van der Waals surface area contributed by atoms with Crippen LogP contribution in [0.5, 0.6) is 11.5 Å². The first-order valence-corrected chi connectivity index (χ1v) is 10.3. The number of carbonyl (C=O) groups is 1. The molecule has 6 nitrogen and oxygen atoms in total. The quantitative estimate of drug-likeness (QED) is 0.300. The maximum absolute atomic E-state index is 10.6. The molecule has 0 bridgehead atoms. The average molecular weight is 477 g/mol. The second-order valence-electron chi connectivity index (χ2n) is 7.30. The number of ether oxygens (including phenoxy) is 1. The van der Waals surface area contributed by atoms with Crippen LogP contribution in [0.2, 0.25) is 0 Å². The van der Waals surface area contributed by atoms with Crippen LogP contribution in [-0.2, 0) is 4.79 Å². The molecule has 0 aliphatic heterocycles. The highest BCUT2D eigenvalue weighted by Crippen LogP contribution is 2.29. The monoisotopic (exact) mass is 477 g/mol. The molecule has 176 valence electrons. The molecule has 5 aromatic rings. The average Bonchev–Trinajstić information content (AvgIpc) is 3.29. The van der Waals surface area contributed by atoms with Gasteiger partial charge in [-0.2, -0.15) is 13.2 Å². The molecular weight excluding hydrogens is 459 g/mol. The van der Waals surface area contributed by atoms with E-state index in [0.717, 1.165) is 45.0 Å². The highest BCUT2D eigenvalue weighted by molar-refractivity contribution is 5.84. The SMILES string of the molecule is O=C(O)C(F)(F)F.c1ccc(Oc2cccc(-c3nc4ccc(-c5ccncc5)cc4[nH]3)c2)cc1. The van der Waals surface area contributed by atoms with Gasteiger partial charge in [0, 0.05) is 18.0 Å². The molecule has 3 aromatic carbocycles. The zero-order chi connectivity index (χ0) is 24.8. The summed E-state index contributed by atoms with van der Waals surface area (Å²) in [6, 6.07) is 27.9. The van der Waals surface area contributed by atoms with E-state index in [9.17, 15) is 13.2 Å². The summed E-state index contributed by atoms with van der Waals surface area (Å²) in [5.41, 5.74) is 5.17. The van der Waals surface area contributed by atoms with Gasteiger partial charge >= 0.3 is 12.1 Å². The van der Waals surface area contributed by atoms with E-state index in [4.69, 9.17) is 19.6 Å². The second kappa shape index (κ2) is 10.1. The van der Waals surface area contributed by atoms with Crippen LogP contribution in [-0.4, -0.2) is 32.2 Å². The number of pyridine rings is 1. The van der Waals surface area contributed by atoms with Crippen LogP contribution in [0.25, 0.3) is 33.5 Å². The normalized spacial score (nSPS) is 10.9. The van der Waals surface area contributed by atoms with Gasteiger partial charge in [0.05, 0.1) is 11.0 Å². The van der Waals surface area contributed by atoms with Crippen molar-refractivity contribution in [2.45, 2.75) is 6.18 Å². The van der Waals surface area contributed by atoms with E-state index in [2.05, 4.69) is 22.1 Å². The molecule has 0 amide bonds. The van der Waals surface area contributed by atoms with Crippen molar-refractivity contribution >= 4 is 17.0 Å². The summed E-state index contributed by atoms with van der Waals surface area (Å²) in [4.78, 5) is 21.2. The van der Waals surface area contributed by atoms with E-state index in [1.165, 1.54) is 0 Å². The van der Waals surface area contributed by atoms with Crippen molar-refractivity contribution in [2.24, 2.45) is 0 Å². The molecule has 0 aliphatic carbocycles. The van der Waals surface area contributed by atoms with Crippen LogP contribution in [0.15, 0.2) is 97.3 Å². The molecule has 9 heteroatoms. The molecule has 2 aromatic heterocycles. The minimum absolute atomic E-state index is 0.779. The lowest BCUT2D eigenvalue weighted by Gasteiger charge is -2.06. The van der Waals surface area contributed by atoms with Crippen molar-refractivity contribution < 1.29 is 27.8 Å². The molecule has 0 fully saturated rings. The Hall–Kier alpha value is -4.66. The number of aromatic nitrogens is 3. The summed E-state index contributed by atoms with van der Waals surface area (Å²) in [5.74, 6) is -0.347. The van der Waals surface area contributed by atoms with Gasteiger partial charge in [0.1, 0.15) is 17.3 Å². The summed E-state index contributed by atoms with van der Waals surface area (Å²) >= 11 is 0. The van der Waals surface area contributed by atoms with Crippen LogP contribution in [0.1, 0.15) is 0 Å². The Morgan fingerprint density at radius 1 is 0.800 bits per heavy atom. The van der Waals surface area contributed by atoms with Gasteiger partial charge in [0.25, 0.3) is 0 Å². The van der Waals surface area contributed by atoms with E-state index in [0.29, 0.717) is 0 Å². The summed E-state index contributed by atoms with van der Waals surface area (Å²) in [5, 5.41) is 7.12. The molecule has 0 saturated heterocycles. The molecule has 0 saturated carbocycles. The number of carboxylic acids is 1. The number of hydrogen-bond acceptors (Lipinski definition) is 4. The fourth-order valence-electron chi connectivity index (χ4n) is 3.20. The fourth-order valence-corrected chi connectivity index (χ4v) is 3.20. The van der Waals surface area contributed by atoms with Gasteiger partial charge in [-0.1, -0.05) is 36.4 Å². The minimum atomic E-state index is -5.08. The van der Waals surface area contributed by atoms with Crippen molar-refractivity contribution in [2.75, 3.05) is 0 Å². The molecular formula is C26H18F3N3O3. The number of hydrogen-bond donors (Lipinski definition) is 2. The van der Waals surface area contributed by atoms with Gasteiger partial charge in [-0.15, -0.1) is 0 Å². The van der Waals surface area contributed by atoms with Crippen molar-refractivity contribution in [1.82, 2.24) is 15.0 Å². The number of alkyl halides is 3. The van der Waals surface area contributed by atoms with Gasteiger partial charge in [-0.3, -0.25) is 4.98 Å². The number of H-pyrrole nitrogens is 1. The lowest BCUT2D eigenvalue weighted by molar-refractivity contribution is -0.192. The van der Waals surface area contributed by atoms with E-state index < -0.39 is 12.1 Å². The fraction of sp³-hybridized carbons (Fsp3) is 0.0385. The number of carboxylic acid groups (broad SMARTS) is 1. The Morgan fingerprint density at radius 2 is 1.49 bits per heavy atom. The maximum atomic E-state index is 10.6. The van der Waals surface area contributed by atoms with Crippen LogP contribution < -0.4 is 4.74 Å². The van der Waals surface area contributed by atoms with E-state index in [1.54, 1.807) is 12.4 Å². The number of nitrogens with one attached hydrogen (secondary N) is 1. The Labute approximate surface area is 197 Å². The van der Waals surface area contributed by atoms with Crippen LogP contribution >= 0.6 is 0 Å². The Bertz CT molecular complexity index is 1440. The molecule has 5 rings (SSSR count). The number of imidazole rings is 1. The Balaban J connectivity index is 0.000000364.